The molecule has 0 spiro atoms. The largest absolute Gasteiger partial charge is 0.343 e. The maximum absolute atomic E-state index is 13.0. The van der Waals surface area contributed by atoms with E-state index < -0.39 is 11.8 Å². The standard InChI is InChI=1S/C23H26N2O3/c26-21(25-15-9-1-2-10-16-25)17-20(22(27)18-11-5-3-6-12-18)23(28)24-19-13-7-4-8-14-19/h3-8,11-14,20H,1-2,9-10,15-17H2,(H,24,28)/t20-/m1/s1. The number of ketones is 1. The van der Waals surface area contributed by atoms with Crippen LogP contribution in [0.25, 0.3) is 0 Å². The molecule has 1 N–H and O–H groups in total. The lowest BCUT2D eigenvalue weighted by Crippen LogP contribution is -2.38. The van der Waals surface area contributed by atoms with Crippen LogP contribution in [0.15, 0.2) is 60.7 Å². The fraction of sp³-hybridized carbons (Fsp3) is 0.348. The Hall–Kier alpha value is -2.95. The Morgan fingerprint density at radius 2 is 1.39 bits per heavy atom. The van der Waals surface area contributed by atoms with Gasteiger partial charge < -0.3 is 10.2 Å². The van der Waals surface area contributed by atoms with Crippen molar-refractivity contribution in [1.82, 2.24) is 4.90 Å². The third-order valence-corrected chi connectivity index (χ3v) is 5.07. The van der Waals surface area contributed by atoms with Crippen molar-refractivity contribution in [2.24, 2.45) is 5.92 Å². The molecule has 2 aromatic carbocycles. The Balaban J connectivity index is 1.78. The highest BCUT2D eigenvalue weighted by Crippen LogP contribution is 2.19. The van der Waals surface area contributed by atoms with E-state index in [1.54, 1.807) is 41.3 Å². The van der Waals surface area contributed by atoms with Crippen LogP contribution < -0.4 is 5.32 Å². The first kappa shape index (κ1) is 19.8. The first-order valence-electron chi connectivity index (χ1n) is 9.88. The van der Waals surface area contributed by atoms with E-state index in [4.69, 9.17) is 0 Å². The number of Topliss-reactive ketones (excluding diaryl/α,β-unsaturated/α-hetero) is 1. The fourth-order valence-corrected chi connectivity index (χ4v) is 3.48. The number of rotatable bonds is 6. The number of hydrogen-bond donors (Lipinski definition) is 1. The van der Waals surface area contributed by atoms with Crippen LogP contribution in [0.1, 0.15) is 42.5 Å². The zero-order valence-corrected chi connectivity index (χ0v) is 16.0. The quantitative estimate of drug-likeness (QED) is 0.612. The molecule has 0 saturated carbocycles. The molecule has 2 aromatic rings. The summed E-state index contributed by atoms with van der Waals surface area (Å²) in [7, 11) is 0. The molecule has 146 valence electrons. The van der Waals surface area contributed by atoms with Gasteiger partial charge in [-0.1, -0.05) is 61.4 Å². The molecule has 3 rings (SSSR count). The first-order chi connectivity index (χ1) is 13.6. The van der Waals surface area contributed by atoms with Crippen LogP contribution in [-0.2, 0) is 9.59 Å². The molecule has 1 fully saturated rings. The molecule has 1 aliphatic heterocycles. The van der Waals surface area contributed by atoms with Gasteiger partial charge in [-0.3, -0.25) is 14.4 Å². The molecule has 1 aliphatic rings. The summed E-state index contributed by atoms with van der Waals surface area (Å²) in [6.45, 7) is 1.40. The molecule has 5 nitrogen and oxygen atoms in total. The number of hydrogen-bond acceptors (Lipinski definition) is 3. The van der Waals surface area contributed by atoms with Gasteiger partial charge in [0.25, 0.3) is 0 Å². The third-order valence-electron chi connectivity index (χ3n) is 5.07. The number of nitrogens with one attached hydrogen (secondary N) is 1. The van der Waals surface area contributed by atoms with Crippen molar-refractivity contribution in [1.29, 1.82) is 0 Å². The number of carbonyl (C=O) groups excluding carboxylic acids is 3. The molecule has 5 heteroatoms. The van der Waals surface area contributed by atoms with E-state index in [1.165, 1.54) is 0 Å². The fourth-order valence-electron chi connectivity index (χ4n) is 3.48. The highest BCUT2D eigenvalue weighted by atomic mass is 16.2. The van der Waals surface area contributed by atoms with Crippen molar-refractivity contribution in [2.75, 3.05) is 18.4 Å². The van der Waals surface area contributed by atoms with Gasteiger partial charge in [-0.25, -0.2) is 0 Å². The summed E-state index contributed by atoms with van der Waals surface area (Å²) in [6.07, 6.45) is 4.07. The van der Waals surface area contributed by atoms with E-state index in [9.17, 15) is 14.4 Å². The molecular formula is C23H26N2O3. The lowest BCUT2D eigenvalue weighted by atomic mass is 9.93. The summed E-state index contributed by atoms with van der Waals surface area (Å²) in [6, 6.07) is 17.7. The molecule has 0 unspecified atom stereocenters. The molecule has 0 aliphatic carbocycles. The van der Waals surface area contributed by atoms with E-state index in [0.29, 0.717) is 24.3 Å². The molecule has 1 saturated heterocycles. The third kappa shape index (κ3) is 5.28. The van der Waals surface area contributed by atoms with Crippen molar-refractivity contribution >= 4 is 23.3 Å². The molecule has 2 amide bonds. The summed E-state index contributed by atoms with van der Waals surface area (Å²) in [5.41, 5.74) is 1.06. The highest BCUT2D eigenvalue weighted by Gasteiger charge is 2.32. The van der Waals surface area contributed by atoms with Crippen LogP contribution in [0.5, 0.6) is 0 Å². The van der Waals surface area contributed by atoms with Crippen LogP contribution in [0.2, 0.25) is 0 Å². The molecule has 0 radical (unpaired) electrons. The number of nitrogens with zero attached hydrogens (tertiary/aromatic N) is 1. The van der Waals surface area contributed by atoms with Gasteiger partial charge >= 0.3 is 0 Å². The summed E-state index contributed by atoms with van der Waals surface area (Å²) in [4.78, 5) is 40.6. The summed E-state index contributed by atoms with van der Waals surface area (Å²) >= 11 is 0. The molecule has 28 heavy (non-hydrogen) atoms. The zero-order chi connectivity index (χ0) is 19.8. The minimum absolute atomic E-state index is 0.105. The molecular weight excluding hydrogens is 352 g/mol. The van der Waals surface area contributed by atoms with Crippen molar-refractivity contribution in [3.63, 3.8) is 0 Å². The van der Waals surface area contributed by atoms with Crippen molar-refractivity contribution < 1.29 is 14.4 Å². The van der Waals surface area contributed by atoms with Gasteiger partial charge in [0.1, 0.15) is 5.92 Å². The van der Waals surface area contributed by atoms with Gasteiger partial charge in [-0.2, -0.15) is 0 Å². The number of para-hydroxylation sites is 1. The number of anilines is 1. The van der Waals surface area contributed by atoms with Crippen molar-refractivity contribution in [3.8, 4) is 0 Å². The van der Waals surface area contributed by atoms with Crippen LogP contribution in [-0.4, -0.2) is 35.6 Å². The maximum Gasteiger partial charge on any atom is 0.235 e. The predicted octanol–water partition coefficient (Wildman–Crippen LogP) is 3.92. The van der Waals surface area contributed by atoms with Crippen LogP contribution in [0.3, 0.4) is 0 Å². The number of amides is 2. The smallest absolute Gasteiger partial charge is 0.235 e. The van der Waals surface area contributed by atoms with E-state index in [2.05, 4.69) is 5.32 Å². The average molecular weight is 378 g/mol. The van der Waals surface area contributed by atoms with E-state index in [0.717, 1.165) is 25.7 Å². The van der Waals surface area contributed by atoms with Gasteiger partial charge in [0.15, 0.2) is 5.78 Å². The predicted molar refractivity (Wildman–Crippen MR) is 109 cm³/mol. The molecule has 1 heterocycles. The highest BCUT2D eigenvalue weighted by molar-refractivity contribution is 6.15. The Morgan fingerprint density at radius 3 is 2.00 bits per heavy atom. The van der Waals surface area contributed by atoms with Crippen LogP contribution >= 0.6 is 0 Å². The van der Waals surface area contributed by atoms with Crippen LogP contribution in [0.4, 0.5) is 5.69 Å². The molecule has 0 bridgehead atoms. The maximum atomic E-state index is 13.0. The minimum Gasteiger partial charge on any atom is -0.343 e. The Kier molecular flexibility index (Phi) is 6.95. The van der Waals surface area contributed by atoms with E-state index in [1.807, 2.05) is 24.3 Å². The molecule has 0 aromatic heterocycles. The zero-order valence-electron chi connectivity index (χ0n) is 16.0. The first-order valence-corrected chi connectivity index (χ1v) is 9.88. The normalized spacial score (nSPS) is 15.4. The Morgan fingerprint density at radius 1 is 0.821 bits per heavy atom. The lowest BCUT2D eigenvalue weighted by Gasteiger charge is -2.23. The summed E-state index contributed by atoms with van der Waals surface area (Å²) in [5, 5.41) is 2.78. The SMILES string of the molecule is O=C(Nc1ccccc1)[C@H](CC(=O)N1CCCCCC1)C(=O)c1ccccc1. The lowest BCUT2D eigenvalue weighted by molar-refractivity contribution is -0.134. The summed E-state index contributed by atoms with van der Waals surface area (Å²) < 4.78 is 0. The van der Waals surface area contributed by atoms with Crippen molar-refractivity contribution in [2.45, 2.75) is 32.1 Å². The number of benzene rings is 2. The minimum atomic E-state index is -1.04. The Bertz CT molecular complexity index is 797. The van der Waals surface area contributed by atoms with Gasteiger partial charge in [0, 0.05) is 30.8 Å². The molecule has 1 atom stereocenters. The van der Waals surface area contributed by atoms with Gasteiger partial charge in [0.2, 0.25) is 11.8 Å². The number of likely N-dealkylation sites (tertiary alicyclic amines) is 1. The average Bonchev–Trinajstić information content (AvgIpc) is 3.02. The monoisotopic (exact) mass is 378 g/mol. The number of carbonyl (C=O) groups is 3. The van der Waals surface area contributed by atoms with Crippen molar-refractivity contribution in [3.05, 3.63) is 66.2 Å². The van der Waals surface area contributed by atoms with Gasteiger partial charge in [-0.15, -0.1) is 0 Å². The topological polar surface area (TPSA) is 66.5 Å². The second-order valence-electron chi connectivity index (χ2n) is 7.14. The Labute approximate surface area is 165 Å². The van der Waals surface area contributed by atoms with Crippen LogP contribution in [0, 0.1) is 5.92 Å². The second-order valence-corrected chi connectivity index (χ2v) is 7.14. The van der Waals surface area contributed by atoms with E-state index in [-0.39, 0.29) is 18.1 Å². The van der Waals surface area contributed by atoms with E-state index >= 15 is 0 Å². The van der Waals surface area contributed by atoms with Gasteiger partial charge in [0.05, 0.1) is 0 Å². The summed E-state index contributed by atoms with van der Waals surface area (Å²) in [5.74, 6) is -1.93. The van der Waals surface area contributed by atoms with Gasteiger partial charge in [-0.05, 0) is 25.0 Å². The second kappa shape index (κ2) is 9.83.